The highest BCUT2D eigenvalue weighted by molar-refractivity contribution is 6.29. The van der Waals surface area contributed by atoms with Crippen molar-refractivity contribution >= 4 is 17.4 Å². The summed E-state index contributed by atoms with van der Waals surface area (Å²) in [5, 5.41) is 4.04. The molecule has 2 heterocycles. The first kappa shape index (κ1) is 14.5. The van der Waals surface area contributed by atoms with Gasteiger partial charge in [-0.05, 0) is 25.8 Å². The van der Waals surface area contributed by atoms with E-state index >= 15 is 0 Å². The molecule has 1 aromatic rings. The molecule has 0 unspecified atom stereocenters. The SMILES string of the molecule is CCCc1nc(Cl)cc(NC2CCN(CC)CC2)n1. The first-order chi connectivity index (χ1) is 9.21. The van der Waals surface area contributed by atoms with Gasteiger partial charge in [0.2, 0.25) is 0 Å². The monoisotopic (exact) mass is 282 g/mol. The van der Waals surface area contributed by atoms with Gasteiger partial charge in [0.05, 0.1) is 0 Å². The minimum absolute atomic E-state index is 0.503. The highest BCUT2D eigenvalue weighted by Crippen LogP contribution is 2.18. The zero-order valence-corrected chi connectivity index (χ0v) is 12.6. The average molecular weight is 283 g/mol. The Hall–Kier alpha value is -0.870. The molecule has 1 N–H and O–H groups in total. The predicted molar refractivity (Wildman–Crippen MR) is 79.8 cm³/mol. The number of likely N-dealkylation sites (tertiary alicyclic amines) is 1. The molecule has 1 aromatic heterocycles. The summed E-state index contributed by atoms with van der Waals surface area (Å²) in [6.45, 7) is 7.81. The fourth-order valence-electron chi connectivity index (χ4n) is 2.48. The van der Waals surface area contributed by atoms with Crippen LogP contribution < -0.4 is 5.32 Å². The van der Waals surface area contributed by atoms with E-state index in [-0.39, 0.29) is 0 Å². The molecule has 1 fully saturated rings. The number of rotatable bonds is 5. The van der Waals surface area contributed by atoms with E-state index in [2.05, 4.69) is 34.0 Å². The predicted octanol–water partition coefficient (Wildman–Crippen LogP) is 2.98. The molecule has 19 heavy (non-hydrogen) atoms. The van der Waals surface area contributed by atoms with E-state index in [1.54, 1.807) is 0 Å². The Kier molecular flexibility index (Phi) is 5.40. The van der Waals surface area contributed by atoms with Crippen molar-refractivity contribution in [2.24, 2.45) is 0 Å². The molecular formula is C14H23ClN4. The molecule has 1 aliphatic heterocycles. The molecule has 5 heteroatoms. The number of aromatic nitrogens is 2. The molecule has 0 aliphatic carbocycles. The molecule has 0 aromatic carbocycles. The first-order valence-electron chi connectivity index (χ1n) is 7.23. The van der Waals surface area contributed by atoms with Gasteiger partial charge in [0.25, 0.3) is 0 Å². The quantitative estimate of drug-likeness (QED) is 0.843. The number of nitrogens with one attached hydrogen (secondary N) is 1. The van der Waals surface area contributed by atoms with Crippen molar-refractivity contribution in [3.05, 3.63) is 17.0 Å². The summed E-state index contributed by atoms with van der Waals surface area (Å²) in [5.74, 6) is 1.71. The zero-order chi connectivity index (χ0) is 13.7. The van der Waals surface area contributed by atoms with Crippen LogP contribution in [0.25, 0.3) is 0 Å². The number of piperidine rings is 1. The second-order valence-electron chi connectivity index (χ2n) is 5.10. The summed E-state index contributed by atoms with van der Waals surface area (Å²) in [6, 6.07) is 2.33. The van der Waals surface area contributed by atoms with E-state index < -0.39 is 0 Å². The molecule has 0 saturated carbocycles. The average Bonchev–Trinajstić information content (AvgIpc) is 2.39. The molecule has 4 nitrogen and oxygen atoms in total. The molecular weight excluding hydrogens is 260 g/mol. The lowest BCUT2D eigenvalue weighted by molar-refractivity contribution is 0.229. The van der Waals surface area contributed by atoms with Gasteiger partial charge >= 0.3 is 0 Å². The Bertz CT molecular complexity index is 402. The van der Waals surface area contributed by atoms with Crippen LogP contribution in [0.4, 0.5) is 5.82 Å². The van der Waals surface area contributed by atoms with Crippen molar-refractivity contribution < 1.29 is 0 Å². The van der Waals surface area contributed by atoms with Crippen LogP contribution in [0, 0.1) is 0 Å². The van der Waals surface area contributed by atoms with Gasteiger partial charge in [-0.15, -0.1) is 0 Å². The van der Waals surface area contributed by atoms with Crippen LogP contribution in [0.15, 0.2) is 6.07 Å². The maximum atomic E-state index is 6.05. The fraction of sp³-hybridized carbons (Fsp3) is 0.714. The molecule has 0 spiro atoms. The molecule has 0 radical (unpaired) electrons. The van der Waals surface area contributed by atoms with Crippen molar-refractivity contribution in [3.63, 3.8) is 0 Å². The minimum Gasteiger partial charge on any atom is -0.367 e. The van der Waals surface area contributed by atoms with Gasteiger partial charge in [0, 0.05) is 31.6 Å². The lowest BCUT2D eigenvalue weighted by Crippen LogP contribution is -2.39. The third-order valence-electron chi connectivity index (χ3n) is 3.60. The van der Waals surface area contributed by atoms with Gasteiger partial charge in [0.1, 0.15) is 16.8 Å². The Morgan fingerprint density at radius 3 is 2.68 bits per heavy atom. The van der Waals surface area contributed by atoms with Gasteiger partial charge < -0.3 is 10.2 Å². The Morgan fingerprint density at radius 2 is 2.05 bits per heavy atom. The first-order valence-corrected chi connectivity index (χ1v) is 7.61. The summed E-state index contributed by atoms with van der Waals surface area (Å²) >= 11 is 6.05. The lowest BCUT2D eigenvalue weighted by Gasteiger charge is -2.31. The van der Waals surface area contributed by atoms with Crippen LogP contribution in [0.2, 0.25) is 5.15 Å². The lowest BCUT2D eigenvalue weighted by atomic mass is 10.1. The number of hydrogen-bond acceptors (Lipinski definition) is 4. The van der Waals surface area contributed by atoms with Crippen LogP contribution in [-0.4, -0.2) is 40.5 Å². The molecule has 0 atom stereocenters. The van der Waals surface area contributed by atoms with E-state index in [0.29, 0.717) is 11.2 Å². The highest BCUT2D eigenvalue weighted by Gasteiger charge is 2.18. The summed E-state index contributed by atoms with van der Waals surface area (Å²) in [5.41, 5.74) is 0. The molecule has 106 valence electrons. The van der Waals surface area contributed by atoms with E-state index in [4.69, 9.17) is 11.6 Å². The molecule has 1 saturated heterocycles. The molecule has 2 rings (SSSR count). The van der Waals surface area contributed by atoms with Gasteiger partial charge in [0.15, 0.2) is 0 Å². The standard InChI is InChI=1S/C14H23ClN4/c1-3-5-13-17-12(15)10-14(18-13)16-11-6-8-19(4-2)9-7-11/h10-11H,3-9H2,1-2H3,(H,16,17,18). The maximum absolute atomic E-state index is 6.05. The summed E-state index contributed by atoms with van der Waals surface area (Å²) in [6.07, 6.45) is 4.25. The van der Waals surface area contributed by atoms with Crippen molar-refractivity contribution in [3.8, 4) is 0 Å². The van der Waals surface area contributed by atoms with Crippen LogP contribution in [-0.2, 0) is 6.42 Å². The summed E-state index contributed by atoms with van der Waals surface area (Å²) < 4.78 is 0. The van der Waals surface area contributed by atoms with Crippen LogP contribution >= 0.6 is 11.6 Å². The normalized spacial score (nSPS) is 17.6. The van der Waals surface area contributed by atoms with Crippen LogP contribution in [0.5, 0.6) is 0 Å². The second kappa shape index (κ2) is 7.06. The van der Waals surface area contributed by atoms with E-state index in [9.17, 15) is 0 Å². The minimum atomic E-state index is 0.503. The van der Waals surface area contributed by atoms with Gasteiger partial charge in [-0.3, -0.25) is 0 Å². The summed E-state index contributed by atoms with van der Waals surface area (Å²) in [4.78, 5) is 11.3. The van der Waals surface area contributed by atoms with Gasteiger partial charge in [-0.1, -0.05) is 25.4 Å². The molecule has 0 bridgehead atoms. The highest BCUT2D eigenvalue weighted by atomic mass is 35.5. The van der Waals surface area contributed by atoms with E-state index in [1.807, 2.05) is 6.07 Å². The van der Waals surface area contributed by atoms with Crippen molar-refractivity contribution in [2.75, 3.05) is 25.0 Å². The van der Waals surface area contributed by atoms with E-state index in [0.717, 1.165) is 44.1 Å². The molecule has 1 aliphatic rings. The number of anilines is 1. The fourth-order valence-corrected chi connectivity index (χ4v) is 2.68. The van der Waals surface area contributed by atoms with Crippen molar-refractivity contribution in [1.82, 2.24) is 14.9 Å². The second-order valence-corrected chi connectivity index (χ2v) is 5.48. The van der Waals surface area contributed by atoms with E-state index in [1.165, 1.54) is 12.8 Å². The number of hydrogen-bond donors (Lipinski definition) is 1. The Morgan fingerprint density at radius 1 is 1.32 bits per heavy atom. The Labute approximate surface area is 120 Å². The van der Waals surface area contributed by atoms with Gasteiger partial charge in [-0.25, -0.2) is 9.97 Å². The number of halogens is 1. The molecule has 0 amide bonds. The zero-order valence-electron chi connectivity index (χ0n) is 11.8. The topological polar surface area (TPSA) is 41.1 Å². The Balaban J connectivity index is 1.95. The largest absolute Gasteiger partial charge is 0.367 e. The number of aryl methyl sites for hydroxylation is 1. The summed E-state index contributed by atoms with van der Waals surface area (Å²) in [7, 11) is 0. The maximum Gasteiger partial charge on any atom is 0.134 e. The van der Waals surface area contributed by atoms with Gasteiger partial charge in [-0.2, -0.15) is 0 Å². The van der Waals surface area contributed by atoms with Crippen molar-refractivity contribution in [1.29, 1.82) is 0 Å². The smallest absolute Gasteiger partial charge is 0.134 e. The number of nitrogens with zero attached hydrogens (tertiary/aromatic N) is 3. The van der Waals surface area contributed by atoms with Crippen LogP contribution in [0.1, 0.15) is 38.9 Å². The van der Waals surface area contributed by atoms with Crippen molar-refractivity contribution in [2.45, 2.75) is 45.6 Å². The third kappa shape index (κ3) is 4.32. The van der Waals surface area contributed by atoms with Crippen LogP contribution in [0.3, 0.4) is 0 Å². The third-order valence-corrected chi connectivity index (χ3v) is 3.80.